The van der Waals surface area contributed by atoms with Gasteiger partial charge in [0.05, 0.1) is 11.2 Å². The van der Waals surface area contributed by atoms with E-state index < -0.39 is 0 Å². The van der Waals surface area contributed by atoms with Crippen LogP contribution in [0.15, 0.2) is 6.20 Å². The van der Waals surface area contributed by atoms with Crippen molar-refractivity contribution in [1.82, 2.24) is 10.3 Å². The predicted molar refractivity (Wildman–Crippen MR) is 69.1 cm³/mol. The SMILES string of the molecule is CCCc1ncc(C(=O)NC(CN)C2CC2)s1. The standard InChI is InChI=1S/C12H19N3OS/c1-2-3-11-14-7-10(17-11)12(16)15-9(6-13)8-4-5-8/h7-9H,2-6,13H2,1H3,(H,15,16). The third-order valence-corrected chi connectivity index (χ3v) is 4.06. The molecule has 1 aliphatic rings. The van der Waals surface area contributed by atoms with E-state index in [4.69, 9.17) is 5.73 Å². The van der Waals surface area contributed by atoms with Crippen LogP contribution in [-0.2, 0) is 6.42 Å². The molecule has 1 aliphatic carbocycles. The Balaban J connectivity index is 1.93. The van der Waals surface area contributed by atoms with E-state index in [2.05, 4.69) is 17.2 Å². The zero-order valence-electron chi connectivity index (χ0n) is 10.1. The average Bonchev–Trinajstić information content (AvgIpc) is 3.06. The van der Waals surface area contributed by atoms with Crippen LogP contribution in [-0.4, -0.2) is 23.5 Å². The Morgan fingerprint density at radius 2 is 2.47 bits per heavy atom. The number of nitrogens with zero attached hydrogens (tertiary/aromatic N) is 1. The van der Waals surface area contributed by atoms with Gasteiger partial charge in [-0.2, -0.15) is 0 Å². The van der Waals surface area contributed by atoms with Gasteiger partial charge in [-0.15, -0.1) is 11.3 Å². The summed E-state index contributed by atoms with van der Waals surface area (Å²) in [5.74, 6) is 0.569. The maximum absolute atomic E-state index is 12.0. The van der Waals surface area contributed by atoms with Crippen molar-refractivity contribution < 1.29 is 4.79 Å². The first-order valence-corrected chi connectivity index (χ1v) is 7.02. The summed E-state index contributed by atoms with van der Waals surface area (Å²) in [6.07, 6.45) is 6.05. The van der Waals surface area contributed by atoms with Crippen molar-refractivity contribution in [2.24, 2.45) is 11.7 Å². The van der Waals surface area contributed by atoms with Crippen LogP contribution in [0.25, 0.3) is 0 Å². The largest absolute Gasteiger partial charge is 0.347 e. The van der Waals surface area contributed by atoms with Crippen LogP contribution in [0.4, 0.5) is 0 Å². The minimum Gasteiger partial charge on any atom is -0.347 e. The van der Waals surface area contributed by atoms with Gasteiger partial charge in [-0.1, -0.05) is 6.92 Å². The van der Waals surface area contributed by atoms with Crippen LogP contribution >= 0.6 is 11.3 Å². The van der Waals surface area contributed by atoms with Crippen molar-refractivity contribution in [2.75, 3.05) is 6.54 Å². The molecule has 4 nitrogen and oxygen atoms in total. The van der Waals surface area contributed by atoms with E-state index >= 15 is 0 Å². The van der Waals surface area contributed by atoms with Gasteiger partial charge in [0.15, 0.2) is 0 Å². The lowest BCUT2D eigenvalue weighted by atomic mass is 10.2. The maximum Gasteiger partial charge on any atom is 0.263 e. The number of hydrogen-bond acceptors (Lipinski definition) is 4. The molecule has 2 rings (SSSR count). The molecule has 1 saturated carbocycles. The fraction of sp³-hybridized carbons (Fsp3) is 0.667. The van der Waals surface area contributed by atoms with Gasteiger partial charge >= 0.3 is 0 Å². The minimum atomic E-state index is -0.0211. The second kappa shape index (κ2) is 5.60. The fourth-order valence-corrected chi connectivity index (χ4v) is 2.77. The summed E-state index contributed by atoms with van der Waals surface area (Å²) in [6, 6.07) is 0.138. The lowest BCUT2D eigenvalue weighted by Crippen LogP contribution is -2.41. The van der Waals surface area contributed by atoms with Gasteiger partial charge in [0.1, 0.15) is 4.88 Å². The number of carbonyl (C=O) groups is 1. The lowest BCUT2D eigenvalue weighted by molar-refractivity contribution is 0.0937. The van der Waals surface area contributed by atoms with E-state index in [1.54, 1.807) is 6.20 Å². The minimum absolute atomic E-state index is 0.0211. The van der Waals surface area contributed by atoms with Gasteiger partial charge in [0.25, 0.3) is 5.91 Å². The number of amides is 1. The van der Waals surface area contributed by atoms with E-state index in [0.717, 1.165) is 17.8 Å². The normalized spacial score (nSPS) is 16.8. The van der Waals surface area contributed by atoms with E-state index in [1.165, 1.54) is 24.2 Å². The second-order valence-electron chi connectivity index (χ2n) is 4.52. The van der Waals surface area contributed by atoms with Crippen LogP contribution in [0.1, 0.15) is 40.9 Å². The molecule has 0 radical (unpaired) electrons. The van der Waals surface area contributed by atoms with Gasteiger partial charge in [-0.25, -0.2) is 4.98 Å². The molecule has 3 N–H and O–H groups in total. The van der Waals surface area contributed by atoms with E-state index in [0.29, 0.717) is 17.3 Å². The van der Waals surface area contributed by atoms with Crippen molar-refractivity contribution in [1.29, 1.82) is 0 Å². The first-order chi connectivity index (χ1) is 8.24. The fourth-order valence-electron chi connectivity index (χ4n) is 1.85. The maximum atomic E-state index is 12.0. The van der Waals surface area contributed by atoms with Crippen molar-refractivity contribution in [3.63, 3.8) is 0 Å². The number of aromatic nitrogens is 1. The van der Waals surface area contributed by atoms with Crippen molar-refractivity contribution in [3.8, 4) is 0 Å². The first kappa shape index (κ1) is 12.5. The number of carbonyl (C=O) groups excluding carboxylic acids is 1. The van der Waals surface area contributed by atoms with Gasteiger partial charge in [0.2, 0.25) is 0 Å². The number of aryl methyl sites for hydroxylation is 1. The van der Waals surface area contributed by atoms with Crippen LogP contribution in [0.3, 0.4) is 0 Å². The van der Waals surface area contributed by atoms with E-state index in [9.17, 15) is 4.79 Å². The lowest BCUT2D eigenvalue weighted by Gasteiger charge is -2.14. The Bertz CT molecular complexity index is 387. The summed E-state index contributed by atoms with van der Waals surface area (Å²) >= 11 is 1.49. The van der Waals surface area contributed by atoms with Gasteiger partial charge in [-0.3, -0.25) is 4.79 Å². The van der Waals surface area contributed by atoms with E-state index in [-0.39, 0.29) is 11.9 Å². The molecule has 5 heteroatoms. The molecule has 1 aromatic heterocycles. The number of nitrogens with two attached hydrogens (primary N) is 1. The van der Waals surface area contributed by atoms with Gasteiger partial charge < -0.3 is 11.1 Å². The highest BCUT2D eigenvalue weighted by Gasteiger charge is 2.31. The highest BCUT2D eigenvalue weighted by molar-refractivity contribution is 7.13. The van der Waals surface area contributed by atoms with Crippen molar-refractivity contribution in [2.45, 2.75) is 38.6 Å². The average molecular weight is 253 g/mol. The Hall–Kier alpha value is -0.940. The second-order valence-corrected chi connectivity index (χ2v) is 5.64. The Morgan fingerprint density at radius 1 is 1.71 bits per heavy atom. The number of rotatable bonds is 6. The summed E-state index contributed by atoms with van der Waals surface area (Å²) in [7, 11) is 0. The molecule has 1 amide bonds. The smallest absolute Gasteiger partial charge is 0.263 e. The predicted octanol–water partition coefficient (Wildman–Crippen LogP) is 1.56. The summed E-state index contributed by atoms with van der Waals surface area (Å²) < 4.78 is 0. The topological polar surface area (TPSA) is 68.0 Å². The van der Waals surface area contributed by atoms with Crippen LogP contribution < -0.4 is 11.1 Å². The Morgan fingerprint density at radius 3 is 3.06 bits per heavy atom. The van der Waals surface area contributed by atoms with Gasteiger partial charge in [0, 0.05) is 12.6 Å². The molecular weight excluding hydrogens is 234 g/mol. The molecule has 1 atom stereocenters. The molecular formula is C12H19N3OS. The molecule has 17 heavy (non-hydrogen) atoms. The van der Waals surface area contributed by atoms with Gasteiger partial charge in [-0.05, 0) is 31.6 Å². The molecule has 0 aromatic carbocycles. The van der Waals surface area contributed by atoms with E-state index in [1.807, 2.05) is 0 Å². The zero-order chi connectivity index (χ0) is 12.3. The van der Waals surface area contributed by atoms with Crippen LogP contribution in [0.5, 0.6) is 0 Å². The third kappa shape index (κ3) is 3.26. The molecule has 0 aliphatic heterocycles. The molecule has 1 aromatic rings. The number of nitrogens with one attached hydrogen (secondary N) is 1. The molecule has 0 spiro atoms. The highest BCUT2D eigenvalue weighted by atomic mass is 32.1. The molecule has 1 heterocycles. The monoisotopic (exact) mass is 253 g/mol. The van der Waals surface area contributed by atoms with Crippen molar-refractivity contribution in [3.05, 3.63) is 16.1 Å². The third-order valence-electron chi connectivity index (χ3n) is 3.00. The first-order valence-electron chi connectivity index (χ1n) is 6.20. The Labute approximate surface area is 106 Å². The zero-order valence-corrected chi connectivity index (χ0v) is 10.9. The van der Waals surface area contributed by atoms with Crippen LogP contribution in [0.2, 0.25) is 0 Å². The summed E-state index contributed by atoms with van der Waals surface area (Å²) in [6.45, 7) is 2.63. The number of hydrogen-bond donors (Lipinski definition) is 2. The summed E-state index contributed by atoms with van der Waals surface area (Å²) in [4.78, 5) is 16.9. The molecule has 0 saturated heterocycles. The number of thiazole rings is 1. The van der Waals surface area contributed by atoms with Crippen molar-refractivity contribution >= 4 is 17.2 Å². The highest BCUT2D eigenvalue weighted by Crippen LogP contribution is 2.32. The molecule has 1 fully saturated rings. The summed E-state index contributed by atoms with van der Waals surface area (Å²) in [5.41, 5.74) is 5.67. The van der Waals surface area contributed by atoms with Crippen LogP contribution in [0, 0.1) is 5.92 Å². The Kier molecular flexibility index (Phi) is 4.12. The summed E-state index contributed by atoms with van der Waals surface area (Å²) in [5, 5.41) is 4.04. The molecule has 0 bridgehead atoms. The molecule has 1 unspecified atom stereocenters. The quantitative estimate of drug-likeness (QED) is 0.808. The molecule has 94 valence electrons.